The van der Waals surface area contributed by atoms with Gasteiger partial charge in [0.2, 0.25) is 17.6 Å². The van der Waals surface area contributed by atoms with Crippen LogP contribution in [0.3, 0.4) is 0 Å². The lowest BCUT2D eigenvalue weighted by Crippen LogP contribution is -2.39. The van der Waals surface area contributed by atoms with Gasteiger partial charge < -0.3 is 9.84 Å². The molecule has 1 fully saturated rings. The first-order valence-corrected chi connectivity index (χ1v) is 8.86. The largest absolute Gasteiger partial charge is 0.344 e. The number of benzene rings is 1. The van der Waals surface area contributed by atoms with Crippen LogP contribution in [0.1, 0.15) is 51.5 Å². The standard InChI is InChI=1S/C18H22ClN3O2/c1-3-11(2)15(20-17(23)12-6-4-7-12)18-21-16(22-24-18)13-8-5-9-14(19)10-13/h5,8-12,15H,3-4,6-7H2,1-2H3,(H,20,23)/t11-,15+/m1/s1. The number of rotatable bonds is 6. The van der Waals surface area contributed by atoms with E-state index in [-0.39, 0.29) is 23.8 Å². The molecule has 1 aromatic heterocycles. The molecule has 0 spiro atoms. The summed E-state index contributed by atoms with van der Waals surface area (Å²) in [6, 6.07) is 7.06. The molecule has 6 heteroatoms. The molecule has 1 heterocycles. The van der Waals surface area contributed by atoms with E-state index >= 15 is 0 Å². The summed E-state index contributed by atoms with van der Waals surface area (Å²) in [5, 5.41) is 7.78. The first kappa shape index (κ1) is 17.0. The van der Waals surface area contributed by atoms with Crippen molar-refractivity contribution >= 4 is 17.5 Å². The zero-order valence-electron chi connectivity index (χ0n) is 14.0. The normalized spacial score (nSPS) is 17.1. The molecule has 2 atom stereocenters. The Morgan fingerprint density at radius 2 is 2.25 bits per heavy atom. The van der Waals surface area contributed by atoms with Crippen LogP contribution in [0.25, 0.3) is 11.4 Å². The lowest BCUT2D eigenvalue weighted by Gasteiger charge is -2.28. The van der Waals surface area contributed by atoms with Gasteiger partial charge >= 0.3 is 0 Å². The highest BCUT2D eigenvalue weighted by molar-refractivity contribution is 6.30. The van der Waals surface area contributed by atoms with Crippen LogP contribution in [0.5, 0.6) is 0 Å². The lowest BCUT2D eigenvalue weighted by molar-refractivity contribution is -0.128. The Kier molecular flexibility index (Phi) is 5.19. The molecule has 0 unspecified atom stereocenters. The summed E-state index contributed by atoms with van der Waals surface area (Å²) >= 11 is 6.02. The molecule has 0 radical (unpaired) electrons. The smallest absolute Gasteiger partial charge is 0.249 e. The van der Waals surface area contributed by atoms with Crippen LogP contribution >= 0.6 is 11.6 Å². The lowest BCUT2D eigenvalue weighted by atomic mass is 9.84. The average molecular weight is 348 g/mol. The van der Waals surface area contributed by atoms with Gasteiger partial charge in [-0.25, -0.2) is 0 Å². The number of hydrogen-bond donors (Lipinski definition) is 1. The van der Waals surface area contributed by atoms with Gasteiger partial charge in [-0.2, -0.15) is 4.98 Å². The third-order valence-electron chi connectivity index (χ3n) is 4.78. The minimum absolute atomic E-state index is 0.0917. The monoisotopic (exact) mass is 347 g/mol. The van der Waals surface area contributed by atoms with Gasteiger partial charge in [-0.1, -0.05) is 55.6 Å². The number of aromatic nitrogens is 2. The van der Waals surface area contributed by atoms with Crippen molar-refractivity contribution in [1.29, 1.82) is 0 Å². The first-order valence-electron chi connectivity index (χ1n) is 8.48. The topological polar surface area (TPSA) is 68.0 Å². The number of carbonyl (C=O) groups excluding carboxylic acids is 1. The molecule has 0 bridgehead atoms. The summed E-state index contributed by atoms with van der Waals surface area (Å²) in [6.07, 6.45) is 3.98. The highest BCUT2D eigenvalue weighted by Crippen LogP contribution is 2.30. The van der Waals surface area contributed by atoms with E-state index in [1.54, 1.807) is 12.1 Å². The number of carbonyl (C=O) groups is 1. The molecule has 128 valence electrons. The van der Waals surface area contributed by atoms with Crippen LogP contribution in [0, 0.1) is 11.8 Å². The van der Waals surface area contributed by atoms with Crippen LogP contribution in [0.4, 0.5) is 0 Å². The summed E-state index contributed by atoms with van der Waals surface area (Å²) in [5.74, 6) is 1.37. The van der Waals surface area contributed by atoms with Crippen molar-refractivity contribution in [3.8, 4) is 11.4 Å². The predicted octanol–water partition coefficient (Wildman–Crippen LogP) is 4.39. The quantitative estimate of drug-likeness (QED) is 0.841. The molecule has 3 rings (SSSR count). The van der Waals surface area contributed by atoms with Gasteiger partial charge in [0, 0.05) is 16.5 Å². The molecule has 1 saturated carbocycles. The van der Waals surface area contributed by atoms with Crippen LogP contribution in [-0.2, 0) is 4.79 Å². The Bertz CT molecular complexity index is 712. The Hall–Kier alpha value is -1.88. The Labute approximate surface area is 146 Å². The van der Waals surface area contributed by atoms with Crippen molar-refractivity contribution in [1.82, 2.24) is 15.5 Å². The number of halogens is 1. The fourth-order valence-corrected chi connectivity index (χ4v) is 2.92. The van der Waals surface area contributed by atoms with E-state index in [1.165, 1.54) is 0 Å². The van der Waals surface area contributed by atoms with Crippen LogP contribution in [0.15, 0.2) is 28.8 Å². The van der Waals surface area contributed by atoms with Gasteiger partial charge in [0.05, 0.1) is 0 Å². The van der Waals surface area contributed by atoms with Gasteiger partial charge in [0.1, 0.15) is 6.04 Å². The van der Waals surface area contributed by atoms with Gasteiger partial charge in [-0.15, -0.1) is 0 Å². The van der Waals surface area contributed by atoms with Crippen molar-refractivity contribution in [2.75, 3.05) is 0 Å². The molecule has 1 aromatic carbocycles. The second-order valence-corrected chi connectivity index (χ2v) is 6.90. The van der Waals surface area contributed by atoms with Crippen LogP contribution < -0.4 is 5.32 Å². The van der Waals surface area contributed by atoms with Crippen molar-refractivity contribution in [3.05, 3.63) is 35.2 Å². The molecular weight excluding hydrogens is 326 g/mol. The molecule has 1 amide bonds. The zero-order chi connectivity index (χ0) is 17.1. The van der Waals surface area contributed by atoms with E-state index in [0.717, 1.165) is 31.2 Å². The molecule has 1 aliphatic carbocycles. The van der Waals surface area contributed by atoms with Gasteiger partial charge in [-0.05, 0) is 30.9 Å². The maximum Gasteiger partial charge on any atom is 0.249 e. The zero-order valence-corrected chi connectivity index (χ0v) is 14.7. The van der Waals surface area contributed by atoms with Crippen LogP contribution in [0.2, 0.25) is 5.02 Å². The summed E-state index contributed by atoms with van der Waals surface area (Å²) in [7, 11) is 0. The number of nitrogens with one attached hydrogen (secondary N) is 1. The molecule has 24 heavy (non-hydrogen) atoms. The van der Waals surface area contributed by atoms with Crippen molar-refractivity contribution in [2.45, 2.75) is 45.6 Å². The predicted molar refractivity (Wildman–Crippen MR) is 92.4 cm³/mol. The number of amides is 1. The average Bonchev–Trinajstić information content (AvgIpc) is 3.00. The highest BCUT2D eigenvalue weighted by Gasteiger charge is 2.31. The first-order chi connectivity index (χ1) is 11.6. The molecule has 1 N–H and O–H groups in total. The number of nitrogens with zero attached hydrogens (tertiary/aromatic N) is 2. The van der Waals surface area contributed by atoms with E-state index < -0.39 is 0 Å². The van der Waals surface area contributed by atoms with E-state index in [2.05, 4.69) is 29.3 Å². The maximum atomic E-state index is 12.3. The highest BCUT2D eigenvalue weighted by atomic mass is 35.5. The molecule has 2 aromatic rings. The molecular formula is C18H22ClN3O2. The minimum atomic E-state index is -0.261. The third-order valence-corrected chi connectivity index (χ3v) is 5.01. The van der Waals surface area contributed by atoms with Crippen molar-refractivity contribution in [3.63, 3.8) is 0 Å². The SMILES string of the molecule is CC[C@@H](C)[C@H](NC(=O)C1CCC1)c1nc(-c2cccc(Cl)c2)no1. The van der Waals surface area contributed by atoms with Crippen molar-refractivity contribution < 1.29 is 9.32 Å². The van der Waals surface area contributed by atoms with E-state index in [1.807, 2.05) is 12.1 Å². The second kappa shape index (κ2) is 7.34. The Morgan fingerprint density at radius 3 is 2.88 bits per heavy atom. The summed E-state index contributed by atoms with van der Waals surface area (Å²) in [5.41, 5.74) is 0.797. The summed E-state index contributed by atoms with van der Waals surface area (Å²) in [6.45, 7) is 4.16. The summed E-state index contributed by atoms with van der Waals surface area (Å²) < 4.78 is 5.46. The van der Waals surface area contributed by atoms with E-state index in [9.17, 15) is 4.79 Å². The molecule has 5 nitrogen and oxygen atoms in total. The third kappa shape index (κ3) is 3.61. The summed E-state index contributed by atoms with van der Waals surface area (Å²) in [4.78, 5) is 16.8. The molecule has 0 saturated heterocycles. The number of hydrogen-bond acceptors (Lipinski definition) is 4. The van der Waals surface area contributed by atoms with E-state index in [0.29, 0.717) is 16.7 Å². The Balaban J connectivity index is 1.81. The fourth-order valence-electron chi connectivity index (χ4n) is 2.73. The molecule has 1 aliphatic rings. The fraction of sp³-hybridized carbons (Fsp3) is 0.500. The Morgan fingerprint density at radius 1 is 1.46 bits per heavy atom. The van der Waals surface area contributed by atoms with Gasteiger partial charge in [-0.3, -0.25) is 4.79 Å². The van der Waals surface area contributed by atoms with Crippen molar-refractivity contribution in [2.24, 2.45) is 11.8 Å². The second-order valence-electron chi connectivity index (χ2n) is 6.47. The van der Waals surface area contributed by atoms with Crippen LogP contribution in [-0.4, -0.2) is 16.0 Å². The minimum Gasteiger partial charge on any atom is -0.344 e. The van der Waals surface area contributed by atoms with Gasteiger partial charge in [0.15, 0.2) is 0 Å². The molecule has 0 aliphatic heterocycles. The van der Waals surface area contributed by atoms with E-state index in [4.69, 9.17) is 16.1 Å². The van der Waals surface area contributed by atoms with Gasteiger partial charge in [0.25, 0.3) is 0 Å². The maximum absolute atomic E-state index is 12.3.